The lowest BCUT2D eigenvalue weighted by Crippen LogP contribution is -2.23. The van der Waals surface area contributed by atoms with Gasteiger partial charge in [-0.1, -0.05) is 6.42 Å². The molecule has 0 aromatic rings. The van der Waals surface area contributed by atoms with E-state index in [0.717, 1.165) is 19.3 Å². The third-order valence-electron chi connectivity index (χ3n) is 1.26. The van der Waals surface area contributed by atoms with Crippen molar-refractivity contribution in [3.63, 3.8) is 0 Å². The molecular weight excluding hydrogens is 148 g/mol. The Morgan fingerprint density at radius 3 is 2.50 bits per heavy atom. The second kappa shape index (κ2) is 5.56. The van der Waals surface area contributed by atoms with Crippen LogP contribution in [0.4, 0.5) is 0 Å². The van der Waals surface area contributed by atoms with Crippen LogP contribution in [0.15, 0.2) is 0 Å². The van der Waals surface area contributed by atoms with Gasteiger partial charge in [0.25, 0.3) is 0 Å². The Bertz CT molecular complexity index is 108. The van der Waals surface area contributed by atoms with Crippen molar-refractivity contribution in [3.8, 4) is 0 Å². The molecule has 0 aliphatic carbocycles. The molecule has 0 aromatic heterocycles. The minimum Gasteiger partial charge on any atom is -0.369 e. The molecule has 0 heterocycles. The van der Waals surface area contributed by atoms with Gasteiger partial charge in [0.05, 0.1) is 5.25 Å². The summed E-state index contributed by atoms with van der Waals surface area (Å²) in [6.07, 6.45) is 2.59. The Balaban J connectivity index is 3.21. The summed E-state index contributed by atoms with van der Waals surface area (Å²) in [7, 11) is 0. The maximum Gasteiger partial charge on any atom is 0.230 e. The SMILES string of the molecule is NCCCCC(S)C(N)=O. The number of rotatable bonds is 5. The Hall–Kier alpha value is -0.220. The smallest absolute Gasteiger partial charge is 0.230 e. The van der Waals surface area contributed by atoms with Gasteiger partial charge in [-0.05, 0) is 19.4 Å². The quantitative estimate of drug-likeness (QED) is 0.390. The predicted molar refractivity (Wildman–Crippen MR) is 44.9 cm³/mol. The Morgan fingerprint density at radius 2 is 2.10 bits per heavy atom. The molecule has 0 saturated heterocycles. The molecule has 0 aromatic carbocycles. The molecular formula is C6H14N2OS. The largest absolute Gasteiger partial charge is 0.369 e. The Labute approximate surface area is 66.6 Å². The standard InChI is InChI=1S/C6H14N2OS/c7-4-2-1-3-5(10)6(8)9/h5,10H,1-4,7H2,(H2,8,9). The van der Waals surface area contributed by atoms with Crippen LogP contribution in [-0.4, -0.2) is 17.7 Å². The number of thiol groups is 1. The summed E-state index contributed by atoms with van der Waals surface area (Å²) in [5.74, 6) is -0.347. The van der Waals surface area contributed by atoms with E-state index in [1.165, 1.54) is 0 Å². The lowest BCUT2D eigenvalue weighted by atomic mass is 10.2. The van der Waals surface area contributed by atoms with E-state index < -0.39 is 0 Å². The van der Waals surface area contributed by atoms with Gasteiger partial charge >= 0.3 is 0 Å². The van der Waals surface area contributed by atoms with Crippen molar-refractivity contribution in [2.24, 2.45) is 11.5 Å². The fraction of sp³-hybridized carbons (Fsp3) is 0.833. The van der Waals surface area contributed by atoms with Crippen LogP contribution in [0.2, 0.25) is 0 Å². The third kappa shape index (κ3) is 4.64. The fourth-order valence-corrected chi connectivity index (χ4v) is 0.807. The van der Waals surface area contributed by atoms with E-state index in [9.17, 15) is 4.79 Å². The highest BCUT2D eigenvalue weighted by Crippen LogP contribution is 2.05. The van der Waals surface area contributed by atoms with Crippen LogP contribution in [0.3, 0.4) is 0 Å². The molecule has 1 unspecified atom stereocenters. The van der Waals surface area contributed by atoms with Crippen molar-refractivity contribution in [3.05, 3.63) is 0 Å². The van der Waals surface area contributed by atoms with Gasteiger partial charge in [0, 0.05) is 0 Å². The van der Waals surface area contributed by atoms with E-state index in [-0.39, 0.29) is 11.2 Å². The number of carbonyl (C=O) groups is 1. The highest BCUT2D eigenvalue weighted by molar-refractivity contribution is 7.81. The molecule has 10 heavy (non-hydrogen) atoms. The van der Waals surface area contributed by atoms with Gasteiger partial charge in [-0.3, -0.25) is 4.79 Å². The van der Waals surface area contributed by atoms with Gasteiger partial charge in [-0.25, -0.2) is 0 Å². The Morgan fingerprint density at radius 1 is 1.50 bits per heavy atom. The first-order valence-corrected chi connectivity index (χ1v) is 3.87. The normalized spacial score (nSPS) is 13.0. The molecule has 0 aliphatic heterocycles. The van der Waals surface area contributed by atoms with Crippen LogP contribution in [0, 0.1) is 0 Å². The van der Waals surface area contributed by atoms with Gasteiger partial charge < -0.3 is 11.5 Å². The maximum atomic E-state index is 10.4. The molecule has 4 N–H and O–H groups in total. The highest BCUT2D eigenvalue weighted by atomic mass is 32.1. The van der Waals surface area contributed by atoms with E-state index in [2.05, 4.69) is 12.6 Å². The molecule has 3 nitrogen and oxygen atoms in total. The minimum atomic E-state index is -0.347. The summed E-state index contributed by atoms with van der Waals surface area (Å²) < 4.78 is 0. The van der Waals surface area contributed by atoms with Crippen LogP contribution in [0.25, 0.3) is 0 Å². The van der Waals surface area contributed by atoms with Gasteiger partial charge in [0.1, 0.15) is 0 Å². The summed E-state index contributed by atoms with van der Waals surface area (Å²) in [4.78, 5) is 10.4. The van der Waals surface area contributed by atoms with Crippen molar-refractivity contribution in [2.75, 3.05) is 6.54 Å². The molecule has 0 radical (unpaired) electrons. The molecule has 0 fully saturated rings. The maximum absolute atomic E-state index is 10.4. The van der Waals surface area contributed by atoms with Crippen LogP contribution < -0.4 is 11.5 Å². The first kappa shape index (κ1) is 9.78. The van der Waals surface area contributed by atoms with E-state index in [0.29, 0.717) is 6.54 Å². The number of primary amides is 1. The van der Waals surface area contributed by atoms with Gasteiger partial charge in [0.15, 0.2) is 0 Å². The number of unbranched alkanes of at least 4 members (excludes halogenated alkanes) is 1. The van der Waals surface area contributed by atoms with Gasteiger partial charge in [-0.2, -0.15) is 12.6 Å². The van der Waals surface area contributed by atoms with Crippen LogP contribution in [0.5, 0.6) is 0 Å². The molecule has 0 bridgehead atoms. The zero-order valence-electron chi connectivity index (χ0n) is 5.92. The number of amides is 1. The topological polar surface area (TPSA) is 69.1 Å². The molecule has 60 valence electrons. The third-order valence-corrected chi connectivity index (χ3v) is 1.77. The van der Waals surface area contributed by atoms with Crippen LogP contribution in [0.1, 0.15) is 19.3 Å². The number of hydrogen-bond donors (Lipinski definition) is 3. The van der Waals surface area contributed by atoms with Crippen molar-refractivity contribution < 1.29 is 4.79 Å². The predicted octanol–water partition coefficient (Wildman–Crippen LogP) is -0.101. The summed E-state index contributed by atoms with van der Waals surface area (Å²) in [6, 6.07) is 0. The number of carbonyl (C=O) groups excluding carboxylic acids is 1. The minimum absolute atomic E-state index is 0.299. The second-order valence-corrected chi connectivity index (χ2v) is 2.83. The van der Waals surface area contributed by atoms with E-state index in [4.69, 9.17) is 11.5 Å². The Kier molecular flexibility index (Phi) is 5.43. The summed E-state index contributed by atoms with van der Waals surface area (Å²) in [5.41, 5.74) is 10.2. The molecule has 4 heteroatoms. The fourth-order valence-electron chi connectivity index (χ4n) is 0.624. The molecule has 1 atom stereocenters. The van der Waals surface area contributed by atoms with Crippen molar-refractivity contribution in [1.29, 1.82) is 0 Å². The van der Waals surface area contributed by atoms with Gasteiger partial charge in [-0.15, -0.1) is 0 Å². The number of hydrogen-bond acceptors (Lipinski definition) is 3. The second-order valence-electron chi connectivity index (χ2n) is 2.20. The number of nitrogens with two attached hydrogens (primary N) is 2. The summed E-state index contributed by atoms with van der Waals surface area (Å²) >= 11 is 3.98. The zero-order chi connectivity index (χ0) is 7.98. The van der Waals surface area contributed by atoms with Crippen molar-refractivity contribution in [1.82, 2.24) is 0 Å². The average Bonchev–Trinajstić information content (AvgIpc) is 1.88. The van der Waals surface area contributed by atoms with E-state index >= 15 is 0 Å². The first-order chi connectivity index (χ1) is 4.68. The molecule has 0 rings (SSSR count). The molecule has 1 amide bonds. The first-order valence-electron chi connectivity index (χ1n) is 3.36. The molecule has 0 spiro atoms. The van der Waals surface area contributed by atoms with E-state index in [1.54, 1.807) is 0 Å². The van der Waals surface area contributed by atoms with Crippen molar-refractivity contribution >= 4 is 18.5 Å². The lowest BCUT2D eigenvalue weighted by Gasteiger charge is -2.03. The monoisotopic (exact) mass is 162 g/mol. The van der Waals surface area contributed by atoms with Crippen LogP contribution in [-0.2, 0) is 4.79 Å². The van der Waals surface area contributed by atoms with Crippen molar-refractivity contribution in [2.45, 2.75) is 24.5 Å². The highest BCUT2D eigenvalue weighted by Gasteiger charge is 2.07. The van der Waals surface area contributed by atoms with E-state index in [1.807, 2.05) is 0 Å². The lowest BCUT2D eigenvalue weighted by molar-refractivity contribution is -0.117. The molecule has 0 saturated carbocycles. The molecule has 0 aliphatic rings. The summed E-state index contributed by atoms with van der Waals surface area (Å²) in [6.45, 7) is 0.666. The average molecular weight is 162 g/mol. The van der Waals surface area contributed by atoms with Crippen LogP contribution >= 0.6 is 12.6 Å². The summed E-state index contributed by atoms with van der Waals surface area (Å²) in [5, 5.41) is -0.299. The van der Waals surface area contributed by atoms with Gasteiger partial charge in [0.2, 0.25) is 5.91 Å². The zero-order valence-corrected chi connectivity index (χ0v) is 6.81.